The van der Waals surface area contributed by atoms with Crippen LogP contribution in [0.2, 0.25) is 0 Å². The third-order valence-electron chi connectivity index (χ3n) is 5.34. The summed E-state index contributed by atoms with van der Waals surface area (Å²) in [6.45, 7) is 3.37. The van der Waals surface area contributed by atoms with Gasteiger partial charge in [-0.1, -0.05) is 48.6 Å². The van der Waals surface area contributed by atoms with E-state index in [0.717, 1.165) is 35.6 Å². The van der Waals surface area contributed by atoms with Gasteiger partial charge in [0, 0.05) is 30.4 Å². The molecule has 8 heteroatoms. The van der Waals surface area contributed by atoms with Crippen LogP contribution in [0.1, 0.15) is 46.1 Å². The van der Waals surface area contributed by atoms with Crippen molar-refractivity contribution in [3.05, 3.63) is 70.2 Å². The van der Waals surface area contributed by atoms with Gasteiger partial charge in [0.25, 0.3) is 5.91 Å². The van der Waals surface area contributed by atoms with Gasteiger partial charge < -0.3 is 15.5 Å². The molecule has 1 aromatic heterocycles. The summed E-state index contributed by atoms with van der Waals surface area (Å²) in [5.74, 6) is -0.186. The molecular weight excluding hydrogens is 410 g/mol. The lowest BCUT2D eigenvalue weighted by molar-refractivity contribution is 0.102. The van der Waals surface area contributed by atoms with Crippen LogP contribution in [0.15, 0.2) is 54.6 Å². The number of nitrogens with one attached hydrogen (secondary N) is 2. The molecule has 2 N–H and O–H groups in total. The van der Waals surface area contributed by atoms with Crippen molar-refractivity contribution in [2.75, 3.05) is 23.7 Å². The molecule has 1 aliphatic heterocycles. The lowest BCUT2D eigenvalue weighted by Gasteiger charge is -2.31. The predicted molar refractivity (Wildman–Crippen MR) is 123 cm³/mol. The molecule has 1 atom stereocenters. The number of rotatable bonds is 5. The average molecular weight is 436 g/mol. The molecule has 160 valence electrons. The molecule has 2 aromatic carbocycles. The number of likely N-dealkylation sites (tertiary alicyclic amines) is 1. The van der Waals surface area contributed by atoms with E-state index in [4.69, 9.17) is 0 Å². The summed E-state index contributed by atoms with van der Waals surface area (Å²) < 4.78 is 0. The van der Waals surface area contributed by atoms with Crippen LogP contribution in [-0.2, 0) is 6.42 Å². The highest BCUT2D eigenvalue weighted by molar-refractivity contribution is 7.13. The molecule has 1 fully saturated rings. The van der Waals surface area contributed by atoms with Gasteiger partial charge in [0.15, 0.2) is 0 Å². The van der Waals surface area contributed by atoms with Crippen LogP contribution in [0.5, 0.6) is 0 Å². The van der Waals surface area contributed by atoms with Crippen molar-refractivity contribution in [2.45, 2.75) is 32.1 Å². The highest BCUT2D eigenvalue weighted by atomic mass is 32.1. The van der Waals surface area contributed by atoms with E-state index in [0.29, 0.717) is 18.1 Å². The molecule has 4 rings (SSSR count). The molecule has 0 aliphatic carbocycles. The minimum Gasteiger partial charge on any atom is -0.324 e. The Kier molecular flexibility index (Phi) is 6.57. The molecule has 0 unspecified atom stereocenters. The van der Waals surface area contributed by atoms with Crippen molar-refractivity contribution >= 4 is 34.6 Å². The monoisotopic (exact) mass is 435 g/mol. The average Bonchev–Trinajstić information content (AvgIpc) is 3.31. The van der Waals surface area contributed by atoms with Crippen molar-refractivity contribution < 1.29 is 9.59 Å². The standard InChI is InChI=1S/C23H25N5O2S/c1-2-16-10-12-19(13-11-16)25-23(30)28-14-6-7-17(15-28)21-26-27-22(31-21)20(29)24-18-8-4-3-5-9-18/h3-5,8-13,17H,2,6-7,14-15H2,1H3,(H,24,29)(H,25,30)/t17-/m0/s1. The Morgan fingerprint density at radius 3 is 2.52 bits per heavy atom. The second-order valence-electron chi connectivity index (χ2n) is 7.53. The van der Waals surface area contributed by atoms with Gasteiger partial charge in [-0.25, -0.2) is 4.79 Å². The van der Waals surface area contributed by atoms with Crippen molar-refractivity contribution in [3.8, 4) is 0 Å². The lowest BCUT2D eigenvalue weighted by atomic mass is 9.99. The Labute approximate surface area is 185 Å². The number of amides is 3. The fourth-order valence-electron chi connectivity index (χ4n) is 3.59. The molecule has 0 bridgehead atoms. The number of anilines is 2. The van der Waals surface area contributed by atoms with E-state index in [1.54, 1.807) is 0 Å². The molecule has 1 saturated heterocycles. The Bertz CT molecular complexity index is 1040. The number of nitrogens with zero attached hydrogens (tertiary/aromatic N) is 3. The minimum absolute atomic E-state index is 0.0812. The van der Waals surface area contributed by atoms with Gasteiger partial charge in [-0.15, -0.1) is 10.2 Å². The summed E-state index contributed by atoms with van der Waals surface area (Å²) in [5, 5.41) is 15.3. The van der Waals surface area contributed by atoms with E-state index < -0.39 is 0 Å². The Hall–Kier alpha value is -3.26. The summed E-state index contributed by atoms with van der Waals surface area (Å²) >= 11 is 1.30. The number of aromatic nitrogens is 2. The minimum atomic E-state index is -0.268. The number of benzene rings is 2. The van der Waals surface area contributed by atoms with E-state index in [-0.39, 0.29) is 17.9 Å². The first-order valence-corrected chi connectivity index (χ1v) is 11.3. The van der Waals surface area contributed by atoms with Gasteiger partial charge in [-0.2, -0.15) is 0 Å². The van der Waals surface area contributed by atoms with Crippen LogP contribution in [-0.4, -0.2) is 40.1 Å². The number of urea groups is 1. The summed E-state index contributed by atoms with van der Waals surface area (Å²) in [7, 11) is 0. The van der Waals surface area contributed by atoms with Crippen molar-refractivity contribution in [1.82, 2.24) is 15.1 Å². The smallest absolute Gasteiger partial charge is 0.321 e. The fourth-order valence-corrected chi connectivity index (χ4v) is 4.45. The molecule has 7 nitrogen and oxygen atoms in total. The van der Waals surface area contributed by atoms with Gasteiger partial charge >= 0.3 is 6.03 Å². The highest BCUT2D eigenvalue weighted by Crippen LogP contribution is 2.29. The number of para-hydroxylation sites is 1. The zero-order valence-electron chi connectivity index (χ0n) is 17.4. The van der Waals surface area contributed by atoms with Crippen molar-refractivity contribution in [2.24, 2.45) is 0 Å². The number of carbonyl (C=O) groups excluding carboxylic acids is 2. The first kappa shape index (κ1) is 21.0. The second-order valence-corrected chi connectivity index (χ2v) is 8.54. The van der Waals surface area contributed by atoms with Crippen LogP contribution < -0.4 is 10.6 Å². The summed E-state index contributed by atoms with van der Waals surface area (Å²) in [5.41, 5.74) is 2.75. The van der Waals surface area contributed by atoms with Crippen molar-refractivity contribution in [1.29, 1.82) is 0 Å². The fraction of sp³-hybridized carbons (Fsp3) is 0.304. The molecular formula is C23H25N5O2S. The SMILES string of the molecule is CCc1ccc(NC(=O)N2CCC[C@H](c3nnc(C(=O)Nc4ccccc4)s3)C2)cc1. The third kappa shape index (κ3) is 5.27. The maximum absolute atomic E-state index is 12.7. The molecule has 0 spiro atoms. The van der Waals surface area contributed by atoms with Gasteiger partial charge in [-0.3, -0.25) is 4.79 Å². The predicted octanol–water partition coefficient (Wildman–Crippen LogP) is 4.76. The second kappa shape index (κ2) is 9.70. The number of piperidine rings is 1. The van der Waals surface area contributed by atoms with Crippen LogP contribution in [0.3, 0.4) is 0 Å². The van der Waals surface area contributed by atoms with E-state index in [9.17, 15) is 9.59 Å². The van der Waals surface area contributed by atoms with Crippen LogP contribution >= 0.6 is 11.3 Å². The third-order valence-corrected chi connectivity index (χ3v) is 6.42. The molecule has 0 saturated carbocycles. The van der Waals surface area contributed by atoms with Crippen LogP contribution in [0.4, 0.5) is 16.2 Å². The van der Waals surface area contributed by atoms with Crippen LogP contribution in [0.25, 0.3) is 0 Å². The Morgan fingerprint density at radius 2 is 1.77 bits per heavy atom. The van der Waals surface area contributed by atoms with Crippen molar-refractivity contribution in [3.63, 3.8) is 0 Å². The Morgan fingerprint density at radius 1 is 1.03 bits per heavy atom. The van der Waals surface area contributed by atoms with Gasteiger partial charge in [0.05, 0.1) is 0 Å². The van der Waals surface area contributed by atoms with Crippen LogP contribution in [0, 0.1) is 0 Å². The first-order chi connectivity index (χ1) is 15.1. The summed E-state index contributed by atoms with van der Waals surface area (Å²) in [6.07, 6.45) is 2.77. The molecule has 3 amide bonds. The molecule has 31 heavy (non-hydrogen) atoms. The zero-order chi connectivity index (χ0) is 21.6. The zero-order valence-corrected chi connectivity index (χ0v) is 18.2. The number of carbonyl (C=O) groups is 2. The van der Waals surface area contributed by atoms with Gasteiger partial charge in [-0.05, 0) is 49.1 Å². The number of hydrogen-bond donors (Lipinski definition) is 2. The molecule has 1 aliphatic rings. The summed E-state index contributed by atoms with van der Waals surface area (Å²) in [6, 6.07) is 17.1. The maximum Gasteiger partial charge on any atom is 0.321 e. The number of hydrogen-bond acceptors (Lipinski definition) is 5. The van der Waals surface area contributed by atoms with E-state index in [1.165, 1.54) is 16.9 Å². The molecule has 0 radical (unpaired) electrons. The molecule has 2 heterocycles. The largest absolute Gasteiger partial charge is 0.324 e. The van der Waals surface area contributed by atoms with E-state index in [1.807, 2.05) is 59.5 Å². The summed E-state index contributed by atoms with van der Waals surface area (Å²) in [4.78, 5) is 27.0. The highest BCUT2D eigenvalue weighted by Gasteiger charge is 2.28. The van der Waals surface area contributed by atoms with Gasteiger partial charge in [0.2, 0.25) is 5.01 Å². The topological polar surface area (TPSA) is 87.2 Å². The quantitative estimate of drug-likeness (QED) is 0.605. The van der Waals surface area contributed by atoms with E-state index >= 15 is 0 Å². The maximum atomic E-state index is 12.7. The Balaban J connectivity index is 1.37. The number of aryl methyl sites for hydroxylation is 1. The lowest BCUT2D eigenvalue weighted by Crippen LogP contribution is -2.41. The van der Waals surface area contributed by atoms with Gasteiger partial charge in [0.1, 0.15) is 5.01 Å². The first-order valence-electron chi connectivity index (χ1n) is 10.5. The van der Waals surface area contributed by atoms with E-state index in [2.05, 4.69) is 27.8 Å². The normalized spacial score (nSPS) is 16.0. The molecule has 3 aromatic rings.